The average molecular weight is 441 g/mol. The first-order valence-electron chi connectivity index (χ1n) is 9.78. The number of hydrogen-bond acceptors (Lipinski definition) is 7. The number of halogens is 2. The predicted molar refractivity (Wildman–Crippen MR) is 115 cm³/mol. The van der Waals surface area contributed by atoms with Crippen LogP contribution in [0.4, 0.5) is 20.3 Å². The van der Waals surface area contributed by atoms with Crippen LogP contribution in [0.25, 0.3) is 11.0 Å². The lowest BCUT2D eigenvalue weighted by Gasteiger charge is -2.29. The van der Waals surface area contributed by atoms with E-state index < -0.39 is 17.7 Å². The van der Waals surface area contributed by atoms with Crippen LogP contribution in [0.15, 0.2) is 42.9 Å². The van der Waals surface area contributed by atoms with Gasteiger partial charge in [0.2, 0.25) is 0 Å². The number of hydrogen-bond donors (Lipinski definition) is 2. The maximum atomic E-state index is 14.1. The quantitative estimate of drug-likeness (QED) is 0.442. The third kappa shape index (κ3) is 4.17. The largest absolute Gasteiger partial charge is 0.494 e. The molecular formula is C22H21F2N5O3. The Bertz CT molecular complexity index is 1260. The molecule has 0 aliphatic carbocycles. The topological polar surface area (TPSA) is 96.4 Å². The zero-order valence-electron chi connectivity index (χ0n) is 17.6. The summed E-state index contributed by atoms with van der Waals surface area (Å²) in [5.74, 6) is -0.366. The Morgan fingerprint density at radius 3 is 2.69 bits per heavy atom. The number of aliphatic hydroxyl groups excluding tert-OH is 1. The number of aromatic amines is 1. The molecule has 0 aliphatic heterocycles. The molecule has 0 aliphatic rings. The SMILES string of the molecule is COc1cc(Oc2ccc(F)cc2F)cc(C)c1N(CC(C)O)c1ncnc2[nH]ncc12. The number of aryl methyl sites for hydroxylation is 1. The third-order valence-electron chi connectivity index (χ3n) is 4.78. The highest BCUT2D eigenvalue weighted by atomic mass is 19.1. The Balaban J connectivity index is 1.80. The monoisotopic (exact) mass is 441 g/mol. The van der Waals surface area contributed by atoms with E-state index in [2.05, 4.69) is 20.2 Å². The maximum Gasteiger partial charge on any atom is 0.168 e. The van der Waals surface area contributed by atoms with Gasteiger partial charge in [-0.1, -0.05) is 0 Å². The van der Waals surface area contributed by atoms with Gasteiger partial charge in [0.25, 0.3) is 0 Å². The van der Waals surface area contributed by atoms with Crippen LogP contribution in [0.2, 0.25) is 0 Å². The molecule has 4 aromatic rings. The normalized spacial score (nSPS) is 12.1. The van der Waals surface area contributed by atoms with Crippen molar-refractivity contribution in [3.05, 3.63) is 60.1 Å². The van der Waals surface area contributed by atoms with Gasteiger partial charge in [0.15, 0.2) is 17.2 Å². The predicted octanol–water partition coefficient (Wildman–Crippen LogP) is 4.26. The second-order valence-electron chi connectivity index (χ2n) is 7.26. The average Bonchev–Trinajstić information content (AvgIpc) is 3.23. The van der Waals surface area contributed by atoms with Gasteiger partial charge in [-0.05, 0) is 37.6 Å². The van der Waals surface area contributed by atoms with Crippen molar-refractivity contribution in [2.24, 2.45) is 0 Å². The number of methoxy groups -OCH3 is 1. The van der Waals surface area contributed by atoms with E-state index in [1.165, 1.54) is 19.5 Å². The Morgan fingerprint density at radius 1 is 1.16 bits per heavy atom. The summed E-state index contributed by atoms with van der Waals surface area (Å²) in [6.45, 7) is 3.70. The number of nitrogens with zero attached hydrogens (tertiary/aromatic N) is 4. The third-order valence-corrected chi connectivity index (χ3v) is 4.78. The van der Waals surface area contributed by atoms with E-state index in [1.54, 1.807) is 30.2 Å². The smallest absolute Gasteiger partial charge is 0.168 e. The minimum atomic E-state index is -0.815. The number of aromatic nitrogens is 4. The summed E-state index contributed by atoms with van der Waals surface area (Å²) in [6, 6.07) is 6.38. The summed E-state index contributed by atoms with van der Waals surface area (Å²) in [5, 5.41) is 17.7. The van der Waals surface area contributed by atoms with Gasteiger partial charge in [-0.25, -0.2) is 18.7 Å². The molecular weight excluding hydrogens is 420 g/mol. The van der Waals surface area contributed by atoms with Gasteiger partial charge in [-0.15, -0.1) is 0 Å². The van der Waals surface area contributed by atoms with Crippen molar-refractivity contribution < 1.29 is 23.4 Å². The van der Waals surface area contributed by atoms with Crippen LogP contribution in [0, 0.1) is 18.6 Å². The standard InChI is InChI=1S/C22H21F2N5O3/c1-12-6-15(32-18-5-4-14(23)7-17(18)24)8-19(31-3)20(12)29(10-13(2)30)22-16-9-27-28-21(16)25-11-26-22/h4-9,11,13,30H,10H2,1-3H3,(H,25,26,27,28). The van der Waals surface area contributed by atoms with Crippen molar-refractivity contribution >= 4 is 22.5 Å². The number of H-pyrrole nitrogens is 1. The highest BCUT2D eigenvalue weighted by Crippen LogP contribution is 2.41. The van der Waals surface area contributed by atoms with E-state index in [0.717, 1.165) is 17.7 Å². The summed E-state index contributed by atoms with van der Waals surface area (Å²) >= 11 is 0. The zero-order chi connectivity index (χ0) is 22.8. The Kier molecular flexibility index (Phi) is 5.87. The number of rotatable bonds is 7. The van der Waals surface area contributed by atoms with E-state index >= 15 is 0 Å². The molecule has 32 heavy (non-hydrogen) atoms. The van der Waals surface area contributed by atoms with Crippen LogP contribution in [0.1, 0.15) is 12.5 Å². The lowest BCUT2D eigenvalue weighted by atomic mass is 10.1. The van der Waals surface area contributed by atoms with Gasteiger partial charge in [0.05, 0.1) is 37.0 Å². The van der Waals surface area contributed by atoms with Crippen LogP contribution in [0.5, 0.6) is 17.2 Å². The fraction of sp³-hybridized carbons (Fsp3) is 0.227. The molecule has 0 amide bonds. The van der Waals surface area contributed by atoms with Gasteiger partial charge in [0.1, 0.15) is 29.5 Å². The molecule has 0 spiro atoms. The van der Waals surface area contributed by atoms with Crippen LogP contribution >= 0.6 is 0 Å². The van der Waals surface area contributed by atoms with Crippen LogP contribution < -0.4 is 14.4 Å². The van der Waals surface area contributed by atoms with Crippen molar-refractivity contribution in [2.75, 3.05) is 18.6 Å². The molecule has 0 fully saturated rings. The fourth-order valence-corrected chi connectivity index (χ4v) is 3.48. The summed E-state index contributed by atoms with van der Waals surface area (Å²) in [5.41, 5.74) is 1.91. The van der Waals surface area contributed by atoms with Crippen molar-refractivity contribution in [1.29, 1.82) is 0 Å². The van der Waals surface area contributed by atoms with Gasteiger partial charge in [-0.3, -0.25) is 5.10 Å². The van der Waals surface area contributed by atoms with Crippen molar-refractivity contribution in [3.63, 3.8) is 0 Å². The Labute approximate surface area is 182 Å². The highest BCUT2D eigenvalue weighted by Gasteiger charge is 2.24. The number of nitrogens with one attached hydrogen (secondary N) is 1. The molecule has 166 valence electrons. The van der Waals surface area contributed by atoms with E-state index in [9.17, 15) is 13.9 Å². The molecule has 2 heterocycles. The number of aliphatic hydroxyl groups is 1. The minimum Gasteiger partial charge on any atom is -0.494 e. The molecule has 1 atom stereocenters. The summed E-state index contributed by atoms with van der Waals surface area (Å²) in [7, 11) is 1.49. The summed E-state index contributed by atoms with van der Waals surface area (Å²) in [6.07, 6.45) is 2.32. The van der Waals surface area contributed by atoms with Crippen LogP contribution in [-0.4, -0.2) is 45.0 Å². The van der Waals surface area contributed by atoms with Gasteiger partial charge in [-0.2, -0.15) is 5.10 Å². The van der Waals surface area contributed by atoms with Gasteiger partial charge >= 0.3 is 0 Å². The van der Waals surface area contributed by atoms with Crippen LogP contribution in [-0.2, 0) is 0 Å². The first-order chi connectivity index (χ1) is 15.4. The Morgan fingerprint density at radius 2 is 1.97 bits per heavy atom. The molecule has 2 aromatic carbocycles. The number of benzene rings is 2. The highest BCUT2D eigenvalue weighted by molar-refractivity contribution is 5.90. The van der Waals surface area contributed by atoms with E-state index in [-0.39, 0.29) is 12.3 Å². The second kappa shape index (κ2) is 8.75. The zero-order valence-corrected chi connectivity index (χ0v) is 17.6. The molecule has 1 unspecified atom stereocenters. The summed E-state index contributed by atoms with van der Waals surface area (Å²) in [4.78, 5) is 10.4. The molecule has 0 bridgehead atoms. The van der Waals surface area contributed by atoms with E-state index in [1.807, 2.05) is 6.92 Å². The first kappa shape index (κ1) is 21.4. The molecule has 0 saturated carbocycles. The molecule has 0 saturated heterocycles. The Hall–Kier alpha value is -3.79. The van der Waals surface area contributed by atoms with Crippen molar-refractivity contribution in [2.45, 2.75) is 20.0 Å². The van der Waals surface area contributed by atoms with Crippen LogP contribution in [0.3, 0.4) is 0 Å². The first-order valence-corrected chi connectivity index (χ1v) is 9.78. The minimum absolute atomic E-state index is 0.114. The molecule has 10 heteroatoms. The van der Waals surface area contributed by atoms with Gasteiger partial charge in [0, 0.05) is 12.1 Å². The fourth-order valence-electron chi connectivity index (χ4n) is 3.48. The van der Waals surface area contributed by atoms with E-state index in [4.69, 9.17) is 9.47 Å². The number of fused-ring (bicyclic) bond motifs is 1. The molecule has 0 radical (unpaired) electrons. The van der Waals surface area contributed by atoms with E-state index in [0.29, 0.717) is 34.0 Å². The van der Waals surface area contributed by atoms with Crippen molar-refractivity contribution in [1.82, 2.24) is 20.2 Å². The lowest BCUT2D eigenvalue weighted by molar-refractivity contribution is 0.202. The maximum absolute atomic E-state index is 14.1. The molecule has 2 aromatic heterocycles. The molecule has 4 rings (SSSR count). The van der Waals surface area contributed by atoms with Crippen molar-refractivity contribution in [3.8, 4) is 17.2 Å². The van der Waals surface area contributed by atoms with Gasteiger partial charge < -0.3 is 19.5 Å². The number of ether oxygens (including phenoxy) is 2. The molecule has 8 nitrogen and oxygen atoms in total. The molecule has 2 N–H and O–H groups in total. The summed E-state index contributed by atoms with van der Waals surface area (Å²) < 4.78 is 38.5. The second-order valence-corrected chi connectivity index (χ2v) is 7.26. The lowest BCUT2D eigenvalue weighted by Crippen LogP contribution is -2.28. The number of anilines is 2.